The highest BCUT2D eigenvalue weighted by molar-refractivity contribution is 5.99. The summed E-state index contributed by atoms with van der Waals surface area (Å²) in [5.41, 5.74) is 10.6. The number of rotatable bonds is 21. The molecule has 0 aliphatic rings. The highest BCUT2D eigenvalue weighted by Crippen LogP contribution is 2.16. The first kappa shape index (κ1) is 46.1. The minimum atomic E-state index is -1.82. The lowest BCUT2D eigenvalue weighted by Crippen LogP contribution is -2.65. The molecule has 306 valence electrons. The molecular formula is C38H54N8O10. The normalized spacial score (nSPS) is 14.8. The third-order valence-electron chi connectivity index (χ3n) is 8.71. The van der Waals surface area contributed by atoms with Crippen LogP contribution >= 0.6 is 0 Å². The van der Waals surface area contributed by atoms with E-state index in [2.05, 4.69) is 31.9 Å². The molecule has 2 aromatic carbocycles. The van der Waals surface area contributed by atoms with Crippen molar-refractivity contribution in [2.24, 2.45) is 23.3 Å². The number of carboxylic acids is 1. The summed E-state index contributed by atoms with van der Waals surface area (Å²) in [5, 5.41) is 34.1. The Kier molecular flexibility index (Phi) is 17.4. The van der Waals surface area contributed by atoms with Gasteiger partial charge in [0.25, 0.3) is 0 Å². The van der Waals surface area contributed by atoms with Crippen molar-refractivity contribution in [3.05, 3.63) is 65.7 Å². The fraction of sp³-hybridized carbons (Fsp3) is 0.474. The molecule has 0 aliphatic carbocycles. The van der Waals surface area contributed by atoms with Crippen LogP contribution in [0.4, 0.5) is 0 Å². The molecule has 12 N–H and O–H groups in total. The molecule has 0 unspecified atom stereocenters. The van der Waals surface area contributed by atoms with E-state index in [4.69, 9.17) is 11.5 Å². The van der Waals surface area contributed by atoms with E-state index >= 15 is 0 Å². The molecule has 6 atom stereocenters. The van der Waals surface area contributed by atoms with Crippen molar-refractivity contribution in [1.29, 1.82) is 0 Å². The number of carbonyl (C=O) groups is 8. The van der Waals surface area contributed by atoms with Crippen LogP contribution in [0.5, 0.6) is 5.75 Å². The number of primary amides is 1. The van der Waals surface area contributed by atoms with Gasteiger partial charge in [-0.2, -0.15) is 0 Å². The first-order valence-corrected chi connectivity index (χ1v) is 18.0. The van der Waals surface area contributed by atoms with Crippen LogP contribution in [0.1, 0.15) is 59.1 Å². The number of phenolic OH excluding ortho intramolecular Hbond substituents is 1. The van der Waals surface area contributed by atoms with E-state index in [9.17, 15) is 48.6 Å². The zero-order valence-electron chi connectivity index (χ0n) is 32.4. The van der Waals surface area contributed by atoms with E-state index in [1.54, 1.807) is 70.2 Å². The van der Waals surface area contributed by atoms with Crippen molar-refractivity contribution in [2.75, 3.05) is 6.54 Å². The summed E-state index contributed by atoms with van der Waals surface area (Å²) in [5.74, 6) is -8.18. The van der Waals surface area contributed by atoms with Crippen LogP contribution in [0, 0.1) is 11.8 Å². The molecule has 18 nitrogen and oxygen atoms in total. The van der Waals surface area contributed by atoms with Gasteiger partial charge in [-0.25, -0.2) is 0 Å². The van der Waals surface area contributed by atoms with Gasteiger partial charge in [-0.3, -0.25) is 38.4 Å². The lowest BCUT2D eigenvalue weighted by molar-refractivity contribution is -0.142. The molecule has 18 heteroatoms. The van der Waals surface area contributed by atoms with Crippen LogP contribution in [-0.4, -0.2) is 99.8 Å². The van der Waals surface area contributed by atoms with Gasteiger partial charge in [-0.1, -0.05) is 70.2 Å². The molecule has 0 saturated carbocycles. The van der Waals surface area contributed by atoms with Crippen LogP contribution in [0.15, 0.2) is 54.6 Å². The average molecular weight is 783 g/mol. The molecule has 0 radical (unpaired) electrons. The Labute approximate surface area is 325 Å². The quantitative estimate of drug-likeness (QED) is 0.0712. The smallest absolute Gasteiger partial charge is 0.305 e. The standard InChI is InChI=1S/C38H54N8O10/c1-20(2)30(35(54)41-19-28(40)48)45-36(55)31(21(3)4)44-34(53)27(17-29(49)50)43-37(56)38(6,18-24-10-8-7-9-11-24)46-32(51)22(5)42-33(52)26(39)16-23-12-14-25(47)15-13-23/h7-15,20-22,26-27,30-31,47H,16-19,39H2,1-6H3,(H2,40,48)(H,41,54)(H,42,52)(H,43,56)(H,44,53)(H,45,55)(H,46,51)(H,49,50)/t22-,26+,27+,30+,31+,38+/m1/s1. The largest absolute Gasteiger partial charge is 0.508 e. The predicted molar refractivity (Wildman–Crippen MR) is 204 cm³/mol. The molecule has 0 aliphatic heterocycles. The van der Waals surface area contributed by atoms with Crippen molar-refractivity contribution in [2.45, 2.75) is 96.6 Å². The first-order valence-electron chi connectivity index (χ1n) is 18.0. The fourth-order valence-electron chi connectivity index (χ4n) is 5.48. The second-order valence-electron chi connectivity index (χ2n) is 14.5. The molecule has 56 heavy (non-hydrogen) atoms. The molecule has 2 aromatic rings. The number of benzene rings is 2. The zero-order valence-corrected chi connectivity index (χ0v) is 32.4. The fourth-order valence-corrected chi connectivity index (χ4v) is 5.48. The lowest BCUT2D eigenvalue weighted by atomic mass is 9.90. The number of carbonyl (C=O) groups excluding carboxylic acids is 7. The van der Waals surface area contributed by atoms with Gasteiger partial charge in [0, 0.05) is 6.42 Å². The SMILES string of the molecule is CC(C)[C@H](NC(=O)[C@H](CC(=O)O)NC(=O)[C@](C)(Cc1ccccc1)NC(=O)[C@@H](C)NC(=O)[C@@H](N)Cc1ccc(O)cc1)C(=O)N[C@H](C(=O)NCC(N)=O)C(C)C. The summed E-state index contributed by atoms with van der Waals surface area (Å²) in [7, 11) is 0. The second kappa shape index (κ2) is 21.2. The summed E-state index contributed by atoms with van der Waals surface area (Å²) in [6.45, 7) is 8.76. The monoisotopic (exact) mass is 782 g/mol. The maximum atomic E-state index is 14.1. The van der Waals surface area contributed by atoms with Gasteiger partial charge in [0.2, 0.25) is 41.4 Å². The van der Waals surface area contributed by atoms with Gasteiger partial charge in [-0.15, -0.1) is 0 Å². The number of carboxylic acid groups (broad SMARTS) is 1. The molecule has 2 rings (SSSR count). The molecule has 0 heterocycles. The van der Waals surface area contributed by atoms with Crippen molar-refractivity contribution in [3.63, 3.8) is 0 Å². The number of nitrogens with one attached hydrogen (secondary N) is 6. The third-order valence-corrected chi connectivity index (χ3v) is 8.71. The number of hydrogen-bond donors (Lipinski definition) is 10. The van der Waals surface area contributed by atoms with E-state index < -0.39 is 108 Å². The molecule has 0 saturated heterocycles. The van der Waals surface area contributed by atoms with Crippen molar-refractivity contribution < 1.29 is 48.6 Å². The number of hydrogen-bond acceptors (Lipinski definition) is 10. The van der Waals surface area contributed by atoms with Crippen molar-refractivity contribution in [3.8, 4) is 5.75 Å². The van der Waals surface area contributed by atoms with E-state index in [0.29, 0.717) is 11.1 Å². The summed E-state index contributed by atoms with van der Waals surface area (Å²) < 4.78 is 0. The van der Waals surface area contributed by atoms with E-state index in [1.165, 1.54) is 26.0 Å². The Morgan fingerprint density at radius 3 is 1.79 bits per heavy atom. The van der Waals surface area contributed by atoms with Crippen LogP contribution in [0.25, 0.3) is 0 Å². The summed E-state index contributed by atoms with van der Waals surface area (Å²) in [6, 6.07) is 8.19. The zero-order chi connectivity index (χ0) is 42.3. The number of phenols is 1. The lowest BCUT2D eigenvalue weighted by Gasteiger charge is -2.33. The Balaban J connectivity index is 2.30. The number of amides is 7. The van der Waals surface area contributed by atoms with Crippen LogP contribution in [0.2, 0.25) is 0 Å². The van der Waals surface area contributed by atoms with Crippen molar-refractivity contribution in [1.82, 2.24) is 31.9 Å². The minimum Gasteiger partial charge on any atom is -0.508 e. The average Bonchev–Trinajstić information content (AvgIpc) is 3.11. The van der Waals surface area contributed by atoms with Crippen LogP contribution in [-0.2, 0) is 51.2 Å². The maximum absolute atomic E-state index is 14.1. The van der Waals surface area contributed by atoms with E-state index in [-0.39, 0.29) is 18.6 Å². The van der Waals surface area contributed by atoms with Gasteiger partial charge in [0.1, 0.15) is 35.5 Å². The topological polar surface area (TPSA) is 301 Å². The first-order chi connectivity index (χ1) is 26.1. The third kappa shape index (κ3) is 14.7. The van der Waals surface area contributed by atoms with Gasteiger partial charge in [-0.05, 0) is 55.4 Å². The Bertz CT molecular complexity index is 1720. The highest BCUT2D eigenvalue weighted by atomic mass is 16.4. The highest BCUT2D eigenvalue weighted by Gasteiger charge is 2.40. The molecular weight excluding hydrogens is 728 g/mol. The number of aliphatic carboxylic acids is 1. The summed E-state index contributed by atoms with van der Waals surface area (Å²) in [6.07, 6.45) is -0.931. The maximum Gasteiger partial charge on any atom is 0.305 e. The molecule has 0 bridgehead atoms. The van der Waals surface area contributed by atoms with Crippen LogP contribution in [0.3, 0.4) is 0 Å². The van der Waals surface area contributed by atoms with Crippen molar-refractivity contribution >= 4 is 47.3 Å². The molecule has 0 aromatic heterocycles. The van der Waals surface area contributed by atoms with Crippen LogP contribution < -0.4 is 43.4 Å². The summed E-state index contributed by atoms with van der Waals surface area (Å²) in [4.78, 5) is 103. The second-order valence-corrected chi connectivity index (χ2v) is 14.5. The van der Waals surface area contributed by atoms with Gasteiger partial charge in [0.05, 0.1) is 19.0 Å². The summed E-state index contributed by atoms with van der Waals surface area (Å²) >= 11 is 0. The van der Waals surface area contributed by atoms with Gasteiger partial charge in [0.15, 0.2) is 0 Å². The van der Waals surface area contributed by atoms with Gasteiger partial charge >= 0.3 is 5.97 Å². The van der Waals surface area contributed by atoms with Gasteiger partial charge < -0.3 is 53.6 Å². The Morgan fingerprint density at radius 2 is 1.25 bits per heavy atom. The molecule has 0 fully saturated rings. The number of aromatic hydroxyl groups is 1. The number of nitrogens with two attached hydrogens (primary N) is 2. The molecule has 7 amide bonds. The molecule has 0 spiro atoms. The van der Waals surface area contributed by atoms with E-state index in [1.807, 2.05) is 0 Å². The minimum absolute atomic E-state index is 0.0414. The Hall–Kier alpha value is -6.04. The Morgan fingerprint density at radius 1 is 0.696 bits per heavy atom. The van der Waals surface area contributed by atoms with E-state index in [0.717, 1.165) is 0 Å². The predicted octanol–water partition coefficient (Wildman–Crippen LogP) is -1.27.